The monoisotopic (exact) mass is 360 g/mol. The fourth-order valence-corrected chi connectivity index (χ4v) is 2.60. The van der Waals surface area contributed by atoms with Crippen LogP contribution >= 0.6 is 0 Å². The number of tetrazole rings is 1. The normalized spacial score (nSPS) is 12.0. The minimum atomic E-state index is -1.30. The standard InChI is InChI=1S/C16H25BN6O3/c1-22(11-13-7-3-2-4-8-13)15(24)12-23-16(19-20-21-23)14(18)9-5-6-10-17(25)26/h2-4,7-8,14,25-26H,5-6,9-12,18H2,1H3. The number of aromatic nitrogens is 4. The van der Waals surface area contributed by atoms with E-state index in [-0.39, 0.29) is 12.5 Å². The molecule has 0 saturated carbocycles. The van der Waals surface area contributed by atoms with E-state index in [0.29, 0.717) is 38.0 Å². The number of nitrogens with two attached hydrogens (primary N) is 1. The van der Waals surface area contributed by atoms with Crippen LogP contribution in [0.1, 0.15) is 36.7 Å². The Morgan fingerprint density at radius 3 is 2.73 bits per heavy atom. The molecule has 10 heteroatoms. The number of nitrogens with zero attached hydrogens (tertiary/aromatic N) is 5. The van der Waals surface area contributed by atoms with Gasteiger partial charge in [-0.3, -0.25) is 4.79 Å². The smallest absolute Gasteiger partial charge is 0.427 e. The number of likely N-dealkylation sites (N-methyl/N-ethyl adjacent to an activating group) is 1. The van der Waals surface area contributed by atoms with Gasteiger partial charge in [0, 0.05) is 13.6 Å². The van der Waals surface area contributed by atoms with Gasteiger partial charge in [-0.2, -0.15) is 0 Å². The molecule has 0 saturated heterocycles. The van der Waals surface area contributed by atoms with Crippen molar-refractivity contribution in [1.82, 2.24) is 25.1 Å². The van der Waals surface area contributed by atoms with Gasteiger partial charge in [0.25, 0.3) is 0 Å². The first-order chi connectivity index (χ1) is 12.5. The molecule has 1 heterocycles. The molecule has 1 unspecified atom stereocenters. The second kappa shape index (κ2) is 10.0. The lowest BCUT2D eigenvalue weighted by molar-refractivity contribution is -0.131. The number of hydrogen-bond donors (Lipinski definition) is 3. The first-order valence-corrected chi connectivity index (χ1v) is 8.63. The van der Waals surface area contributed by atoms with Crippen LogP contribution in [0.25, 0.3) is 0 Å². The zero-order valence-corrected chi connectivity index (χ0v) is 14.9. The number of hydrogen-bond acceptors (Lipinski definition) is 7. The molecule has 140 valence electrons. The summed E-state index contributed by atoms with van der Waals surface area (Å²) in [6, 6.07) is 9.32. The van der Waals surface area contributed by atoms with E-state index in [2.05, 4.69) is 15.5 Å². The lowest BCUT2D eigenvalue weighted by Crippen LogP contribution is -2.31. The van der Waals surface area contributed by atoms with Crippen molar-refractivity contribution in [3.05, 3.63) is 41.7 Å². The maximum absolute atomic E-state index is 12.4. The van der Waals surface area contributed by atoms with Crippen molar-refractivity contribution in [2.45, 2.75) is 44.7 Å². The molecule has 0 bridgehead atoms. The molecule has 1 aromatic carbocycles. The predicted molar refractivity (Wildman–Crippen MR) is 96.5 cm³/mol. The quantitative estimate of drug-likeness (QED) is 0.401. The molecule has 2 aromatic rings. The van der Waals surface area contributed by atoms with Gasteiger partial charge >= 0.3 is 7.12 Å². The second-order valence-corrected chi connectivity index (χ2v) is 6.30. The minimum Gasteiger partial charge on any atom is -0.427 e. The molecule has 1 aromatic heterocycles. The number of unbranched alkanes of at least 4 members (excludes halogenated alkanes) is 1. The molecule has 1 amide bonds. The van der Waals surface area contributed by atoms with E-state index in [1.807, 2.05) is 30.3 Å². The first kappa shape index (κ1) is 20.0. The van der Waals surface area contributed by atoms with E-state index in [9.17, 15) is 4.79 Å². The Morgan fingerprint density at radius 1 is 1.31 bits per heavy atom. The van der Waals surface area contributed by atoms with E-state index < -0.39 is 13.2 Å². The van der Waals surface area contributed by atoms with Gasteiger partial charge in [-0.25, -0.2) is 4.68 Å². The lowest BCUT2D eigenvalue weighted by atomic mass is 9.83. The molecule has 26 heavy (non-hydrogen) atoms. The van der Waals surface area contributed by atoms with Gasteiger partial charge in [-0.05, 0) is 28.7 Å². The van der Waals surface area contributed by atoms with Crippen LogP contribution in [0.2, 0.25) is 6.32 Å². The third-order valence-corrected chi connectivity index (χ3v) is 4.09. The molecule has 2 rings (SSSR count). The fourth-order valence-electron chi connectivity index (χ4n) is 2.60. The van der Waals surface area contributed by atoms with E-state index in [1.165, 1.54) is 4.68 Å². The average Bonchev–Trinajstić information content (AvgIpc) is 3.07. The Morgan fingerprint density at radius 2 is 2.04 bits per heavy atom. The Labute approximate surface area is 152 Å². The molecule has 1 atom stereocenters. The second-order valence-electron chi connectivity index (χ2n) is 6.30. The van der Waals surface area contributed by atoms with E-state index in [0.717, 1.165) is 5.56 Å². The van der Waals surface area contributed by atoms with Gasteiger partial charge in [-0.1, -0.05) is 43.2 Å². The molecule has 0 fully saturated rings. The van der Waals surface area contributed by atoms with Gasteiger partial charge in [-0.15, -0.1) is 5.10 Å². The predicted octanol–water partition coefficient (Wildman–Crippen LogP) is -0.0254. The van der Waals surface area contributed by atoms with Crippen LogP contribution in [0, 0.1) is 0 Å². The highest BCUT2D eigenvalue weighted by atomic mass is 16.4. The number of amides is 1. The number of benzene rings is 1. The van der Waals surface area contributed by atoms with Gasteiger partial charge in [0.05, 0.1) is 6.04 Å². The molecule has 4 N–H and O–H groups in total. The van der Waals surface area contributed by atoms with Crippen molar-refractivity contribution >= 4 is 13.0 Å². The van der Waals surface area contributed by atoms with Crippen LogP contribution in [0.15, 0.2) is 30.3 Å². The summed E-state index contributed by atoms with van der Waals surface area (Å²) in [5.41, 5.74) is 7.16. The van der Waals surface area contributed by atoms with Crippen molar-refractivity contribution < 1.29 is 14.8 Å². The maximum Gasteiger partial charge on any atom is 0.451 e. The van der Waals surface area contributed by atoms with Gasteiger partial charge in [0.1, 0.15) is 6.54 Å². The topological polar surface area (TPSA) is 130 Å². The lowest BCUT2D eigenvalue weighted by Gasteiger charge is -2.18. The summed E-state index contributed by atoms with van der Waals surface area (Å²) < 4.78 is 1.43. The molecule has 0 aliphatic carbocycles. The van der Waals surface area contributed by atoms with E-state index >= 15 is 0 Å². The average molecular weight is 360 g/mol. The fraction of sp³-hybridized carbons (Fsp3) is 0.500. The van der Waals surface area contributed by atoms with Crippen molar-refractivity contribution in [3.8, 4) is 0 Å². The van der Waals surface area contributed by atoms with Crippen LogP contribution in [0.4, 0.5) is 0 Å². The van der Waals surface area contributed by atoms with Crippen LogP contribution in [-0.2, 0) is 17.9 Å². The first-order valence-electron chi connectivity index (χ1n) is 8.63. The summed E-state index contributed by atoms with van der Waals surface area (Å²) in [7, 11) is 0.439. The summed E-state index contributed by atoms with van der Waals surface area (Å²) in [6.07, 6.45) is 2.26. The van der Waals surface area contributed by atoms with Crippen molar-refractivity contribution in [2.24, 2.45) is 5.73 Å². The minimum absolute atomic E-state index is 0.0225. The number of carbonyl (C=O) groups is 1. The molecule has 0 aliphatic heterocycles. The van der Waals surface area contributed by atoms with Gasteiger partial charge in [0.15, 0.2) is 5.82 Å². The third-order valence-electron chi connectivity index (χ3n) is 4.09. The largest absolute Gasteiger partial charge is 0.451 e. The Balaban J connectivity index is 1.87. The van der Waals surface area contributed by atoms with Crippen LogP contribution in [-0.4, -0.2) is 55.2 Å². The molecule has 0 aliphatic rings. The number of carbonyl (C=O) groups excluding carboxylic acids is 1. The number of rotatable bonds is 10. The zero-order chi connectivity index (χ0) is 18.9. The molecule has 9 nitrogen and oxygen atoms in total. The Hall–Kier alpha value is -2.30. The maximum atomic E-state index is 12.4. The zero-order valence-electron chi connectivity index (χ0n) is 14.9. The molecule has 0 radical (unpaired) electrons. The van der Waals surface area contributed by atoms with E-state index in [4.69, 9.17) is 15.8 Å². The Bertz CT molecular complexity index is 682. The highest BCUT2D eigenvalue weighted by molar-refractivity contribution is 6.40. The molecular weight excluding hydrogens is 335 g/mol. The Kier molecular flexibility index (Phi) is 7.70. The van der Waals surface area contributed by atoms with Gasteiger partial charge in [0.2, 0.25) is 5.91 Å². The van der Waals surface area contributed by atoms with Crippen molar-refractivity contribution in [1.29, 1.82) is 0 Å². The molecular formula is C16H25BN6O3. The van der Waals surface area contributed by atoms with Crippen LogP contribution < -0.4 is 5.73 Å². The summed E-state index contributed by atoms with van der Waals surface area (Å²) in [5, 5.41) is 29.1. The van der Waals surface area contributed by atoms with Crippen LogP contribution in [0.5, 0.6) is 0 Å². The van der Waals surface area contributed by atoms with Crippen molar-refractivity contribution in [2.75, 3.05) is 7.05 Å². The van der Waals surface area contributed by atoms with E-state index in [1.54, 1.807) is 11.9 Å². The highest BCUT2D eigenvalue weighted by Crippen LogP contribution is 2.15. The van der Waals surface area contributed by atoms with Gasteiger partial charge < -0.3 is 20.7 Å². The highest BCUT2D eigenvalue weighted by Gasteiger charge is 2.19. The summed E-state index contributed by atoms with van der Waals surface area (Å²) in [4.78, 5) is 14.1. The third kappa shape index (κ3) is 6.21. The summed E-state index contributed by atoms with van der Waals surface area (Å²) in [5.74, 6) is 0.342. The molecule has 0 spiro atoms. The van der Waals surface area contributed by atoms with Crippen LogP contribution in [0.3, 0.4) is 0 Å². The van der Waals surface area contributed by atoms with Crippen molar-refractivity contribution in [3.63, 3.8) is 0 Å². The SMILES string of the molecule is CN(Cc1ccccc1)C(=O)Cn1nnnc1C(N)CCCCB(O)O. The summed E-state index contributed by atoms with van der Waals surface area (Å²) in [6.45, 7) is 0.529. The summed E-state index contributed by atoms with van der Waals surface area (Å²) >= 11 is 0.